The van der Waals surface area contributed by atoms with Crippen molar-refractivity contribution in [2.75, 3.05) is 4.90 Å². The molecule has 0 aliphatic carbocycles. The molecule has 0 saturated carbocycles. The lowest BCUT2D eigenvalue weighted by Gasteiger charge is -2.23. The quantitative estimate of drug-likeness (QED) is 0.645. The summed E-state index contributed by atoms with van der Waals surface area (Å²) in [6, 6.07) is 18.8. The fourth-order valence-electron chi connectivity index (χ4n) is 2.34. The number of carbonyl (C=O) groups is 1. The summed E-state index contributed by atoms with van der Waals surface area (Å²) in [5.41, 5.74) is 1.44. The second-order valence-electron chi connectivity index (χ2n) is 5.17. The molecule has 1 aromatic heterocycles. The minimum Gasteiger partial charge on any atom is -0.302 e. The number of amides is 1. The molecular formula is C19H14BrFN2O. The van der Waals surface area contributed by atoms with E-state index in [1.54, 1.807) is 18.3 Å². The van der Waals surface area contributed by atoms with Crippen LogP contribution in [0, 0.1) is 5.82 Å². The van der Waals surface area contributed by atoms with Crippen molar-refractivity contribution in [1.29, 1.82) is 0 Å². The van der Waals surface area contributed by atoms with Crippen molar-refractivity contribution in [3.63, 3.8) is 0 Å². The summed E-state index contributed by atoms with van der Waals surface area (Å²) >= 11 is 3.38. The van der Waals surface area contributed by atoms with Gasteiger partial charge in [-0.15, -0.1) is 0 Å². The highest BCUT2D eigenvalue weighted by Crippen LogP contribution is 2.23. The van der Waals surface area contributed by atoms with Gasteiger partial charge in [-0.2, -0.15) is 0 Å². The summed E-state index contributed by atoms with van der Waals surface area (Å²) in [6.07, 6.45) is 1.67. The van der Waals surface area contributed by atoms with Gasteiger partial charge in [0, 0.05) is 16.4 Å². The van der Waals surface area contributed by atoms with E-state index in [-0.39, 0.29) is 12.1 Å². The van der Waals surface area contributed by atoms with E-state index in [1.807, 2.05) is 42.5 Å². The van der Waals surface area contributed by atoms with Gasteiger partial charge in [-0.05, 0) is 48.5 Å². The third kappa shape index (κ3) is 3.68. The van der Waals surface area contributed by atoms with E-state index in [4.69, 9.17) is 0 Å². The molecule has 3 nitrogen and oxygen atoms in total. The number of hydrogen-bond acceptors (Lipinski definition) is 2. The number of hydrogen-bond donors (Lipinski definition) is 0. The molecule has 0 fully saturated rings. The van der Waals surface area contributed by atoms with Gasteiger partial charge >= 0.3 is 0 Å². The zero-order valence-electron chi connectivity index (χ0n) is 12.7. The van der Waals surface area contributed by atoms with Crippen LogP contribution in [0.15, 0.2) is 77.4 Å². The number of carbonyl (C=O) groups excluding carboxylic acids is 1. The van der Waals surface area contributed by atoms with Crippen molar-refractivity contribution in [3.05, 3.63) is 94.5 Å². The summed E-state index contributed by atoms with van der Waals surface area (Å²) in [4.78, 5) is 18.7. The molecular weight excluding hydrogens is 371 g/mol. The van der Waals surface area contributed by atoms with Gasteiger partial charge in [0.15, 0.2) is 0 Å². The maximum absolute atomic E-state index is 14.0. The summed E-state index contributed by atoms with van der Waals surface area (Å²) in [5.74, 6) is -0.938. The van der Waals surface area contributed by atoms with Gasteiger partial charge in [-0.3, -0.25) is 9.78 Å². The molecule has 1 heterocycles. The predicted octanol–water partition coefficient (Wildman–Crippen LogP) is 4.83. The summed E-state index contributed by atoms with van der Waals surface area (Å²) in [7, 11) is 0. The number of halogens is 2. The zero-order valence-corrected chi connectivity index (χ0v) is 14.3. The third-order valence-electron chi connectivity index (χ3n) is 3.53. The van der Waals surface area contributed by atoms with Crippen LogP contribution in [0.1, 0.15) is 16.1 Å². The monoisotopic (exact) mass is 384 g/mol. The van der Waals surface area contributed by atoms with Crippen LogP contribution in [-0.2, 0) is 6.54 Å². The van der Waals surface area contributed by atoms with E-state index in [1.165, 1.54) is 17.0 Å². The van der Waals surface area contributed by atoms with Crippen molar-refractivity contribution in [3.8, 4) is 0 Å². The Kier molecular flexibility index (Phi) is 5.01. The first-order valence-corrected chi connectivity index (χ1v) is 8.16. The molecule has 0 saturated heterocycles. The van der Waals surface area contributed by atoms with Gasteiger partial charge in [0.25, 0.3) is 5.91 Å². The van der Waals surface area contributed by atoms with Crippen molar-refractivity contribution >= 4 is 27.5 Å². The van der Waals surface area contributed by atoms with Gasteiger partial charge in [0.1, 0.15) is 5.82 Å². The second kappa shape index (κ2) is 7.36. The molecule has 2 aromatic carbocycles. The topological polar surface area (TPSA) is 33.2 Å². The Hall–Kier alpha value is -2.53. The maximum atomic E-state index is 14.0. The SMILES string of the molecule is O=C(c1ccccc1F)N(Cc1ccccn1)c1ccc(Br)cc1. The molecule has 0 spiro atoms. The van der Waals surface area contributed by atoms with E-state index < -0.39 is 11.7 Å². The molecule has 0 N–H and O–H groups in total. The van der Waals surface area contributed by atoms with Gasteiger partial charge < -0.3 is 4.90 Å². The Labute approximate surface area is 147 Å². The molecule has 0 unspecified atom stereocenters. The molecule has 0 radical (unpaired) electrons. The Morgan fingerprint density at radius 2 is 1.71 bits per heavy atom. The van der Waals surface area contributed by atoms with Crippen LogP contribution in [0.25, 0.3) is 0 Å². The van der Waals surface area contributed by atoms with Crippen LogP contribution in [0.3, 0.4) is 0 Å². The number of anilines is 1. The van der Waals surface area contributed by atoms with E-state index in [0.29, 0.717) is 5.69 Å². The third-order valence-corrected chi connectivity index (χ3v) is 4.06. The van der Waals surface area contributed by atoms with Crippen LogP contribution in [-0.4, -0.2) is 10.9 Å². The molecule has 0 atom stereocenters. The number of rotatable bonds is 4. The van der Waals surface area contributed by atoms with Crippen molar-refractivity contribution in [2.24, 2.45) is 0 Å². The van der Waals surface area contributed by atoms with Gasteiger partial charge in [-0.25, -0.2) is 4.39 Å². The Balaban J connectivity index is 1.99. The summed E-state index contributed by atoms with van der Waals surface area (Å²) in [6.45, 7) is 0.260. The number of aromatic nitrogens is 1. The summed E-state index contributed by atoms with van der Waals surface area (Å²) in [5, 5.41) is 0. The molecule has 5 heteroatoms. The highest BCUT2D eigenvalue weighted by atomic mass is 79.9. The van der Waals surface area contributed by atoms with Crippen LogP contribution < -0.4 is 4.90 Å². The number of benzene rings is 2. The Morgan fingerprint density at radius 3 is 2.38 bits per heavy atom. The molecule has 0 aliphatic heterocycles. The van der Waals surface area contributed by atoms with E-state index in [2.05, 4.69) is 20.9 Å². The fraction of sp³-hybridized carbons (Fsp3) is 0.0526. The van der Waals surface area contributed by atoms with Gasteiger partial charge in [0.2, 0.25) is 0 Å². The van der Waals surface area contributed by atoms with Crippen molar-refractivity contribution in [2.45, 2.75) is 6.54 Å². The minimum atomic E-state index is -0.536. The smallest absolute Gasteiger partial charge is 0.261 e. The van der Waals surface area contributed by atoms with Crippen LogP contribution in [0.5, 0.6) is 0 Å². The highest BCUT2D eigenvalue weighted by Gasteiger charge is 2.21. The first-order chi connectivity index (χ1) is 11.6. The maximum Gasteiger partial charge on any atom is 0.261 e. The molecule has 120 valence electrons. The molecule has 3 rings (SSSR count). The largest absolute Gasteiger partial charge is 0.302 e. The standard InChI is InChI=1S/C19H14BrFN2O/c20-14-8-10-16(11-9-14)23(13-15-5-3-4-12-22-15)19(24)17-6-1-2-7-18(17)21/h1-12H,13H2. The minimum absolute atomic E-state index is 0.0383. The van der Waals surface area contributed by atoms with Gasteiger partial charge in [-0.1, -0.05) is 34.1 Å². The molecule has 0 aliphatic rings. The lowest BCUT2D eigenvalue weighted by molar-refractivity contribution is 0.0981. The average Bonchev–Trinajstić information content (AvgIpc) is 2.61. The first kappa shape index (κ1) is 16.3. The fourth-order valence-corrected chi connectivity index (χ4v) is 2.60. The Bertz CT molecular complexity index is 838. The summed E-state index contributed by atoms with van der Waals surface area (Å²) < 4.78 is 15.0. The van der Waals surface area contributed by atoms with Crippen LogP contribution in [0.2, 0.25) is 0 Å². The second-order valence-corrected chi connectivity index (χ2v) is 6.08. The normalized spacial score (nSPS) is 10.4. The van der Waals surface area contributed by atoms with Crippen molar-refractivity contribution in [1.82, 2.24) is 4.98 Å². The van der Waals surface area contributed by atoms with Crippen molar-refractivity contribution < 1.29 is 9.18 Å². The Morgan fingerprint density at radius 1 is 1.00 bits per heavy atom. The first-order valence-electron chi connectivity index (χ1n) is 7.37. The highest BCUT2D eigenvalue weighted by molar-refractivity contribution is 9.10. The van der Waals surface area contributed by atoms with E-state index in [0.717, 1.165) is 10.2 Å². The predicted molar refractivity (Wildman–Crippen MR) is 95.3 cm³/mol. The van der Waals surface area contributed by atoms with E-state index >= 15 is 0 Å². The lowest BCUT2D eigenvalue weighted by atomic mass is 10.1. The molecule has 3 aromatic rings. The zero-order chi connectivity index (χ0) is 16.9. The number of nitrogens with zero attached hydrogens (tertiary/aromatic N) is 2. The molecule has 24 heavy (non-hydrogen) atoms. The van der Waals surface area contributed by atoms with E-state index in [9.17, 15) is 9.18 Å². The lowest BCUT2D eigenvalue weighted by Crippen LogP contribution is -2.31. The van der Waals surface area contributed by atoms with Crippen LogP contribution >= 0.6 is 15.9 Å². The average molecular weight is 385 g/mol. The molecule has 0 bridgehead atoms. The molecule has 1 amide bonds. The van der Waals surface area contributed by atoms with Crippen LogP contribution in [0.4, 0.5) is 10.1 Å². The number of pyridine rings is 1. The van der Waals surface area contributed by atoms with Gasteiger partial charge in [0.05, 0.1) is 17.8 Å².